The summed E-state index contributed by atoms with van der Waals surface area (Å²) in [7, 11) is 0. The molecule has 9 rings (SSSR count). The average molecular weight is 1150 g/mol. The van der Waals surface area contributed by atoms with Crippen molar-refractivity contribution in [3.05, 3.63) is 218 Å². The van der Waals surface area contributed by atoms with E-state index in [4.69, 9.17) is 69.3 Å². The molecule has 21 heteroatoms. The van der Waals surface area contributed by atoms with Crippen molar-refractivity contribution in [1.82, 2.24) is 29.7 Å². The minimum atomic E-state index is -1.11. The lowest BCUT2D eigenvalue weighted by Gasteiger charge is -2.21. The summed E-state index contributed by atoms with van der Waals surface area (Å²) in [6, 6.07) is 44.3. The van der Waals surface area contributed by atoms with Crippen molar-refractivity contribution in [1.29, 1.82) is 0 Å². The number of rotatable bonds is 15. The predicted octanol–water partition coefficient (Wildman–Crippen LogP) is 11.2. The van der Waals surface area contributed by atoms with E-state index in [1.165, 1.54) is 23.5 Å². The number of nitrogens with two attached hydrogens (primary N) is 4. The number of carboxylic acid groups (broad SMARTS) is 1. The van der Waals surface area contributed by atoms with Gasteiger partial charge >= 0.3 is 5.97 Å². The number of fused-ring (bicyclic) bond motifs is 3. The first-order chi connectivity index (χ1) is 38.4. The molecule has 0 aliphatic rings. The van der Waals surface area contributed by atoms with Crippen LogP contribution in [-0.2, 0) is 24.4 Å². The Morgan fingerprint density at radius 3 is 1.12 bits per heavy atom. The van der Waals surface area contributed by atoms with Crippen LogP contribution >= 0.6 is 46.4 Å². The van der Waals surface area contributed by atoms with Crippen LogP contribution in [0.15, 0.2) is 174 Å². The molecule has 0 saturated heterocycles. The normalized spacial score (nSPS) is 10.6. The number of aromatic nitrogens is 3. The quantitative estimate of drug-likeness (QED) is 0.0364. The molecule has 6 aromatic carbocycles. The smallest absolute Gasteiger partial charge is 0.323 e. The molecule has 0 spiro atoms. The van der Waals surface area contributed by atoms with Gasteiger partial charge in [0.25, 0.3) is 17.7 Å². The molecule has 80 heavy (non-hydrogen) atoms. The molecule has 0 saturated carbocycles. The SMILES string of the molecule is CCN(Cc1ccccc1)C(=O)c1ccc2c(Cl)cnc(Cl)c2c1.CCN(Cc1ccccc1)C(=O)c1ccc2c(Cl)cnc(N=C(N)N)c2c1.NC(N)=Nc1ncc(Cl)c2ccc(C(=O)N(CC(=O)O)Cc3ccccc3)cc12. The number of carboxylic acids is 1. The molecule has 3 heterocycles. The van der Waals surface area contributed by atoms with Gasteiger partial charge in [0, 0.05) is 100 Å². The van der Waals surface area contributed by atoms with Gasteiger partial charge in [-0.15, -0.1) is 0 Å². The summed E-state index contributed by atoms with van der Waals surface area (Å²) in [4.78, 5) is 75.4. The summed E-state index contributed by atoms with van der Waals surface area (Å²) in [6.45, 7) is 5.92. The van der Waals surface area contributed by atoms with Gasteiger partial charge in [-0.1, -0.05) is 156 Å². The standard InChI is InChI=1S/C20H18ClN5O3.C20H20ClN5O.C19H16Cl2N2O/c21-16-9-24-18(25-20(22)23)15-8-13(6-7-14(15)16)19(29)26(11-17(27)28)10-12-4-2-1-3-5-12;1-2-26(12-13-6-4-3-5-7-13)19(27)14-8-9-15-16(10-14)18(25-20(22)23)24-11-17(15)21;1-2-23(12-13-6-4-3-5-7-13)19(24)14-8-9-15-16(10-14)18(21)22-11-17(15)20/h1-9H,10-11H2,(H,27,28)(H4,22,23,24,25);3-11H,2,12H2,1H3,(H4,22,23,24,25);3-11H,2,12H2,1H3. The molecule has 0 aliphatic heterocycles. The van der Waals surface area contributed by atoms with Crippen LogP contribution in [0.2, 0.25) is 20.2 Å². The molecule has 0 aliphatic carbocycles. The van der Waals surface area contributed by atoms with Gasteiger partial charge in [0.15, 0.2) is 23.6 Å². The highest BCUT2D eigenvalue weighted by atomic mass is 35.5. The molecule has 3 aromatic heterocycles. The van der Waals surface area contributed by atoms with E-state index in [9.17, 15) is 24.3 Å². The van der Waals surface area contributed by atoms with Gasteiger partial charge in [-0.05, 0) is 66.9 Å². The maximum Gasteiger partial charge on any atom is 0.323 e. The Labute approximate surface area is 481 Å². The summed E-state index contributed by atoms with van der Waals surface area (Å²) in [5.41, 5.74) is 26.2. The fourth-order valence-electron chi connectivity index (χ4n) is 8.36. The van der Waals surface area contributed by atoms with Crippen molar-refractivity contribution < 1.29 is 24.3 Å². The summed E-state index contributed by atoms with van der Waals surface area (Å²) in [5.74, 6) is -1.44. The lowest BCUT2D eigenvalue weighted by molar-refractivity contribution is -0.137. The molecule has 0 bridgehead atoms. The Balaban J connectivity index is 0.000000174. The number of hydrogen-bond acceptors (Lipinski definition) is 9. The monoisotopic (exact) mass is 1150 g/mol. The molecule has 0 fully saturated rings. The molecule has 0 atom stereocenters. The number of aliphatic carboxylic acids is 1. The third-order valence-electron chi connectivity index (χ3n) is 12.2. The first kappa shape index (κ1) is 58.8. The Morgan fingerprint density at radius 1 is 0.450 bits per heavy atom. The molecule has 408 valence electrons. The van der Waals surface area contributed by atoms with Crippen molar-refractivity contribution in [3.8, 4) is 0 Å². The Bertz CT molecular complexity index is 3760. The van der Waals surface area contributed by atoms with Crippen molar-refractivity contribution >= 4 is 126 Å². The van der Waals surface area contributed by atoms with E-state index in [0.717, 1.165) is 27.5 Å². The number of hydrogen-bond donors (Lipinski definition) is 5. The lowest BCUT2D eigenvalue weighted by Crippen LogP contribution is -2.35. The summed E-state index contributed by atoms with van der Waals surface area (Å²) in [5, 5.41) is 14.9. The van der Waals surface area contributed by atoms with Crippen molar-refractivity contribution in [3.63, 3.8) is 0 Å². The van der Waals surface area contributed by atoms with E-state index in [-0.39, 0.29) is 41.7 Å². The van der Waals surface area contributed by atoms with E-state index >= 15 is 0 Å². The number of halogens is 4. The van der Waals surface area contributed by atoms with Crippen LogP contribution in [0.25, 0.3) is 32.3 Å². The maximum atomic E-state index is 13.1. The fraction of sp³-hybridized carbons (Fsp3) is 0.136. The largest absolute Gasteiger partial charge is 0.480 e. The summed E-state index contributed by atoms with van der Waals surface area (Å²) < 4.78 is 0. The van der Waals surface area contributed by atoms with Crippen molar-refractivity contribution in [2.75, 3.05) is 19.6 Å². The highest BCUT2D eigenvalue weighted by molar-refractivity contribution is 6.39. The first-order valence-corrected chi connectivity index (χ1v) is 26.3. The predicted molar refractivity (Wildman–Crippen MR) is 319 cm³/mol. The molecule has 9 N–H and O–H groups in total. The molecular formula is C59H54Cl4N12O5. The second kappa shape index (κ2) is 27.6. The fourth-order valence-corrected chi connectivity index (χ4v) is 9.21. The number of nitrogens with zero attached hydrogens (tertiary/aromatic N) is 8. The number of pyridine rings is 3. The first-order valence-electron chi connectivity index (χ1n) is 24.7. The number of aliphatic imine (C=N–C) groups is 2. The van der Waals surface area contributed by atoms with Crippen LogP contribution in [-0.4, -0.2) is 90.0 Å². The highest BCUT2D eigenvalue weighted by Crippen LogP contribution is 2.33. The Kier molecular flexibility index (Phi) is 20.3. The van der Waals surface area contributed by atoms with E-state index in [1.807, 2.05) is 111 Å². The topological polar surface area (TPSA) is 266 Å². The van der Waals surface area contributed by atoms with E-state index < -0.39 is 18.4 Å². The van der Waals surface area contributed by atoms with Gasteiger partial charge in [-0.2, -0.15) is 9.98 Å². The number of carbonyl (C=O) groups excluding carboxylic acids is 3. The van der Waals surface area contributed by atoms with Gasteiger partial charge < -0.3 is 42.7 Å². The summed E-state index contributed by atoms with van der Waals surface area (Å²) in [6.07, 6.45) is 4.42. The van der Waals surface area contributed by atoms with Crippen molar-refractivity contribution in [2.45, 2.75) is 33.5 Å². The molecule has 9 aromatic rings. The minimum Gasteiger partial charge on any atom is -0.480 e. The van der Waals surface area contributed by atoms with E-state index in [1.54, 1.807) is 58.3 Å². The molecule has 0 radical (unpaired) electrons. The van der Waals surface area contributed by atoms with Gasteiger partial charge in [0.05, 0.1) is 15.1 Å². The zero-order valence-electron chi connectivity index (χ0n) is 43.3. The van der Waals surface area contributed by atoms with Crippen molar-refractivity contribution in [2.24, 2.45) is 32.9 Å². The maximum absolute atomic E-state index is 13.1. The second-order valence-corrected chi connectivity index (χ2v) is 19.3. The van der Waals surface area contributed by atoms with Crippen LogP contribution in [0.1, 0.15) is 61.6 Å². The third kappa shape index (κ3) is 15.2. The minimum absolute atomic E-state index is 0.0423. The van der Waals surface area contributed by atoms with Crippen LogP contribution in [0, 0.1) is 0 Å². The van der Waals surface area contributed by atoms with Crippen LogP contribution in [0.5, 0.6) is 0 Å². The molecule has 17 nitrogen and oxygen atoms in total. The van der Waals surface area contributed by atoms with Crippen LogP contribution < -0.4 is 22.9 Å². The second-order valence-electron chi connectivity index (χ2n) is 17.8. The Morgan fingerprint density at radius 2 is 0.775 bits per heavy atom. The zero-order chi connectivity index (χ0) is 57.5. The number of amides is 3. The molecule has 0 unspecified atom stereocenters. The number of guanidine groups is 2. The lowest BCUT2D eigenvalue weighted by atomic mass is 10.1. The third-order valence-corrected chi connectivity index (χ3v) is 13.4. The molecule has 3 amide bonds. The van der Waals surface area contributed by atoms with Crippen LogP contribution in [0.3, 0.4) is 0 Å². The van der Waals surface area contributed by atoms with Gasteiger partial charge in [-0.3, -0.25) is 19.2 Å². The molecular weight excluding hydrogens is 1100 g/mol. The van der Waals surface area contributed by atoms with Gasteiger partial charge in [-0.25, -0.2) is 15.0 Å². The van der Waals surface area contributed by atoms with Crippen LogP contribution in [0.4, 0.5) is 11.6 Å². The van der Waals surface area contributed by atoms with Gasteiger partial charge in [0.2, 0.25) is 0 Å². The summed E-state index contributed by atoms with van der Waals surface area (Å²) >= 11 is 24.7. The number of benzene rings is 6. The van der Waals surface area contributed by atoms with E-state index in [0.29, 0.717) is 84.9 Å². The van der Waals surface area contributed by atoms with E-state index in [2.05, 4.69) is 24.9 Å². The highest BCUT2D eigenvalue weighted by Gasteiger charge is 2.22. The van der Waals surface area contributed by atoms with Gasteiger partial charge in [0.1, 0.15) is 11.7 Å². The zero-order valence-corrected chi connectivity index (χ0v) is 46.3. The Hall–Kier alpha value is -8.87. The number of carbonyl (C=O) groups is 4. The average Bonchev–Trinajstić information content (AvgIpc) is 3.48.